The van der Waals surface area contributed by atoms with Crippen molar-refractivity contribution in [1.82, 2.24) is 14.5 Å². The predicted octanol–water partition coefficient (Wildman–Crippen LogP) is 2.31. The quantitative estimate of drug-likeness (QED) is 0.739. The number of imidazole rings is 1. The van der Waals surface area contributed by atoms with Gasteiger partial charge in [0.15, 0.2) is 0 Å². The van der Waals surface area contributed by atoms with Crippen LogP contribution in [0.1, 0.15) is 21.7 Å². The second kappa shape index (κ2) is 4.77. The van der Waals surface area contributed by atoms with E-state index in [1.165, 1.54) is 0 Å². The van der Waals surface area contributed by atoms with Crippen LogP contribution in [-0.4, -0.2) is 25.9 Å². The van der Waals surface area contributed by atoms with Crippen molar-refractivity contribution in [3.8, 4) is 5.75 Å². The summed E-state index contributed by atoms with van der Waals surface area (Å²) in [6.45, 7) is 2.28. The Morgan fingerprint density at radius 3 is 2.95 bits per heavy atom. The molecule has 3 rings (SSSR count). The van der Waals surface area contributed by atoms with Gasteiger partial charge in [-0.25, -0.2) is 4.98 Å². The Morgan fingerprint density at radius 2 is 2.15 bits per heavy atom. The van der Waals surface area contributed by atoms with Crippen LogP contribution in [0.3, 0.4) is 0 Å². The number of benzene rings is 1. The van der Waals surface area contributed by atoms with E-state index in [9.17, 15) is 9.90 Å². The Labute approximate surface area is 115 Å². The van der Waals surface area contributed by atoms with E-state index >= 15 is 0 Å². The molecule has 2 aromatic heterocycles. The van der Waals surface area contributed by atoms with Crippen LogP contribution in [0, 0.1) is 6.92 Å². The molecular weight excluding hydrogens is 254 g/mol. The first-order valence-electron chi connectivity index (χ1n) is 6.23. The lowest BCUT2D eigenvalue weighted by molar-refractivity contribution is 0.112. The molecular formula is C15H13N3O2. The molecule has 20 heavy (non-hydrogen) atoms. The summed E-state index contributed by atoms with van der Waals surface area (Å²) in [6, 6.07) is 8.71. The molecule has 5 heteroatoms. The molecule has 100 valence electrons. The summed E-state index contributed by atoms with van der Waals surface area (Å²) < 4.78 is 1.86. The van der Waals surface area contributed by atoms with Crippen LogP contribution in [0.15, 0.2) is 36.7 Å². The van der Waals surface area contributed by atoms with Gasteiger partial charge in [-0.15, -0.1) is 0 Å². The number of hydrogen-bond acceptors (Lipinski definition) is 4. The van der Waals surface area contributed by atoms with Gasteiger partial charge in [0.05, 0.1) is 23.9 Å². The van der Waals surface area contributed by atoms with Crippen molar-refractivity contribution < 1.29 is 9.90 Å². The van der Waals surface area contributed by atoms with Crippen molar-refractivity contribution >= 4 is 17.3 Å². The number of carbonyl (C=O) groups is 1. The molecule has 2 heterocycles. The highest BCUT2D eigenvalue weighted by Crippen LogP contribution is 2.20. The maximum absolute atomic E-state index is 10.9. The number of aromatic hydroxyl groups is 1. The Hall–Kier alpha value is -2.69. The monoisotopic (exact) mass is 267 g/mol. The van der Waals surface area contributed by atoms with Crippen LogP contribution in [0.25, 0.3) is 11.0 Å². The van der Waals surface area contributed by atoms with Crippen LogP contribution in [0.5, 0.6) is 5.75 Å². The smallest absolute Gasteiger partial charge is 0.150 e. The average molecular weight is 267 g/mol. The summed E-state index contributed by atoms with van der Waals surface area (Å²) in [5, 5.41) is 9.85. The van der Waals surface area contributed by atoms with Gasteiger partial charge < -0.3 is 9.67 Å². The van der Waals surface area contributed by atoms with Crippen molar-refractivity contribution in [2.24, 2.45) is 0 Å². The van der Waals surface area contributed by atoms with Gasteiger partial charge >= 0.3 is 0 Å². The topological polar surface area (TPSA) is 68.0 Å². The Bertz CT molecular complexity index is 793. The summed E-state index contributed by atoms with van der Waals surface area (Å²) in [5.41, 5.74) is 3.68. The molecule has 0 radical (unpaired) electrons. The highest BCUT2D eigenvalue weighted by molar-refractivity contribution is 5.85. The predicted molar refractivity (Wildman–Crippen MR) is 74.9 cm³/mol. The van der Waals surface area contributed by atoms with Gasteiger partial charge in [-0.2, -0.15) is 0 Å². The number of hydrogen-bond donors (Lipinski definition) is 1. The molecule has 1 aromatic carbocycles. The average Bonchev–Trinajstić information content (AvgIpc) is 2.85. The first kappa shape index (κ1) is 12.3. The number of rotatable bonds is 3. The summed E-state index contributed by atoms with van der Waals surface area (Å²) in [7, 11) is 0. The fourth-order valence-electron chi connectivity index (χ4n) is 2.15. The van der Waals surface area contributed by atoms with Gasteiger partial charge in [-0.05, 0) is 37.3 Å². The van der Waals surface area contributed by atoms with Crippen molar-refractivity contribution in [2.75, 3.05) is 0 Å². The molecule has 5 nitrogen and oxygen atoms in total. The number of fused-ring (bicyclic) bond motifs is 1. The molecule has 3 aromatic rings. The van der Waals surface area contributed by atoms with E-state index in [4.69, 9.17) is 0 Å². The molecule has 0 spiro atoms. The van der Waals surface area contributed by atoms with E-state index in [0.29, 0.717) is 17.8 Å². The fourth-order valence-corrected chi connectivity index (χ4v) is 2.15. The third-order valence-corrected chi connectivity index (χ3v) is 3.19. The molecule has 0 fully saturated rings. The zero-order chi connectivity index (χ0) is 14.1. The summed E-state index contributed by atoms with van der Waals surface area (Å²) in [6.07, 6.45) is 2.49. The van der Waals surface area contributed by atoms with Gasteiger partial charge in [0.25, 0.3) is 0 Å². The minimum atomic E-state index is 0.156. The molecule has 0 aliphatic rings. The molecule has 0 unspecified atom stereocenters. The van der Waals surface area contributed by atoms with Gasteiger partial charge in [-0.3, -0.25) is 9.78 Å². The van der Waals surface area contributed by atoms with E-state index in [-0.39, 0.29) is 5.75 Å². The number of aldehydes is 1. The minimum absolute atomic E-state index is 0.156. The third-order valence-electron chi connectivity index (χ3n) is 3.19. The lowest BCUT2D eigenvalue weighted by atomic mass is 10.2. The van der Waals surface area contributed by atoms with Gasteiger partial charge in [-0.1, -0.05) is 0 Å². The van der Waals surface area contributed by atoms with Gasteiger partial charge in [0.2, 0.25) is 0 Å². The van der Waals surface area contributed by atoms with Crippen molar-refractivity contribution in [3.63, 3.8) is 0 Å². The molecule has 1 N–H and O–H groups in total. The second-order valence-corrected chi connectivity index (χ2v) is 4.66. The molecule has 0 saturated heterocycles. The molecule has 0 saturated carbocycles. The number of aryl methyl sites for hydroxylation is 1. The maximum atomic E-state index is 10.9. The Morgan fingerprint density at radius 1 is 1.30 bits per heavy atom. The first-order valence-corrected chi connectivity index (χ1v) is 6.23. The van der Waals surface area contributed by atoms with E-state index in [1.54, 1.807) is 36.7 Å². The van der Waals surface area contributed by atoms with Gasteiger partial charge in [0.1, 0.15) is 17.7 Å². The third kappa shape index (κ3) is 2.14. The van der Waals surface area contributed by atoms with E-state index in [2.05, 4.69) is 9.97 Å². The molecule has 0 amide bonds. The maximum Gasteiger partial charge on any atom is 0.150 e. The second-order valence-electron chi connectivity index (χ2n) is 4.66. The molecule has 0 aliphatic carbocycles. The van der Waals surface area contributed by atoms with Crippen LogP contribution in [0.2, 0.25) is 0 Å². The van der Waals surface area contributed by atoms with Crippen LogP contribution < -0.4 is 0 Å². The summed E-state index contributed by atoms with van der Waals surface area (Å²) >= 11 is 0. The lowest BCUT2D eigenvalue weighted by Crippen LogP contribution is -2.02. The number of aromatic nitrogens is 3. The largest absolute Gasteiger partial charge is 0.506 e. The van der Waals surface area contributed by atoms with E-state index < -0.39 is 0 Å². The highest BCUT2D eigenvalue weighted by Gasteiger charge is 2.08. The van der Waals surface area contributed by atoms with Crippen LogP contribution in [-0.2, 0) is 6.54 Å². The highest BCUT2D eigenvalue weighted by atomic mass is 16.3. The van der Waals surface area contributed by atoms with Crippen LogP contribution >= 0.6 is 0 Å². The van der Waals surface area contributed by atoms with Gasteiger partial charge in [0, 0.05) is 11.3 Å². The Kier molecular flexibility index (Phi) is 2.95. The summed E-state index contributed by atoms with van der Waals surface area (Å²) in [4.78, 5) is 19.5. The molecule has 0 aliphatic heterocycles. The van der Waals surface area contributed by atoms with Crippen molar-refractivity contribution in [1.29, 1.82) is 0 Å². The Balaban J connectivity index is 2.06. The SMILES string of the molecule is Cc1ccc(O)c(Cn2cnc3ccc(C=O)cc32)n1. The fraction of sp³-hybridized carbons (Fsp3) is 0.133. The summed E-state index contributed by atoms with van der Waals surface area (Å²) in [5.74, 6) is 0.156. The van der Waals surface area contributed by atoms with Crippen molar-refractivity contribution in [2.45, 2.75) is 13.5 Å². The number of pyridine rings is 1. The number of carbonyl (C=O) groups excluding carboxylic acids is 1. The zero-order valence-electron chi connectivity index (χ0n) is 10.9. The molecule has 0 bridgehead atoms. The first-order chi connectivity index (χ1) is 9.67. The van der Waals surface area contributed by atoms with Crippen molar-refractivity contribution in [3.05, 3.63) is 53.6 Å². The standard InChI is InChI=1S/C15H13N3O2/c1-10-2-5-15(20)13(17-10)7-18-9-16-12-4-3-11(8-19)6-14(12)18/h2-6,8-9,20H,7H2,1H3. The van der Waals surface area contributed by atoms with E-state index in [1.807, 2.05) is 11.5 Å². The zero-order valence-corrected chi connectivity index (χ0v) is 10.9. The minimum Gasteiger partial charge on any atom is -0.506 e. The van der Waals surface area contributed by atoms with E-state index in [0.717, 1.165) is 23.0 Å². The van der Waals surface area contributed by atoms with Crippen LogP contribution in [0.4, 0.5) is 0 Å². The number of nitrogens with zero attached hydrogens (tertiary/aromatic N) is 3. The lowest BCUT2D eigenvalue weighted by Gasteiger charge is -2.07. The molecule has 0 atom stereocenters. The normalized spacial score (nSPS) is 10.8.